The molecule has 1 aliphatic rings. The lowest BCUT2D eigenvalue weighted by molar-refractivity contribution is 0.0635. The summed E-state index contributed by atoms with van der Waals surface area (Å²) in [6, 6.07) is 5.06. The van der Waals surface area contributed by atoms with Gasteiger partial charge in [-0.25, -0.2) is 9.18 Å². The molecule has 20 heavy (non-hydrogen) atoms. The Bertz CT molecular complexity index is 493. The zero-order valence-corrected chi connectivity index (χ0v) is 12.1. The first-order chi connectivity index (χ1) is 9.33. The van der Waals surface area contributed by atoms with Gasteiger partial charge < -0.3 is 10.1 Å². The van der Waals surface area contributed by atoms with Crippen molar-refractivity contribution in [1.29, 1.82) is 0 Å². The smallest absolute Gasteiger partial charge is 0.412 e. The van der Waals surface area contributed by atoms with Crippen LogP contribution in [0.25, 0.3) is 0 Å². The van der Waals surface area contributed by atoms with Gasteiger partial charge in [-0.3, -0.25) is 5.32 Å². The van der Waals surface area contributed by atoms with E-state index in [2.05, 4.69) is 10.6 Å². The molecule has 1 saturated carbocycles. The van der Waals surface area contributed by atoms with E-state index >= 15 is 0 Å². The van der Waals surface area contributed by atoms with Crippen LogP contribution in [-0.4, -0.2) is 17.7 Å². The normalized spacial score (nSPS) is 15.4. The lowest BCUT2D eigenvalue weighted by atomic mass is 9.93. The van der Waals surface area contributed by atoms with Crippen LogP contribution < -0.4 is 10.6 Å². The van der Waals surface area contributed by atoms with Crippen LogP contribution in [0.2, 0.25) is 0 Å². The topological polar surface area (TPSA) is 50.4 Å². The summed E-state index contributed by atoms with van der Waals surface area (Å²) in [5.74, 6) is -0.477. The maximum absolute atomic E-state index is 13.7. The number of hydrogen-bond acceptors (Lipinski definition) is 3. The predicted molar refractivity (Wildman–Crippen MR) is 77.5 cm³/mol. The molecule has 0 unspecified atom stereocenters. The molecule has 1 aliphatic carbocycles. The summed E-state index contributed by atoms with van der Waals surface area (Å²) in [5, 5.41) is 5.75. The average Bonchev–Trinajstić information content (AvgIpc) is 2.25. The van der Waals surface area contributed by atoms with Gasteiger partial charge >= 0.3 is 6.09 Å². The molecule has 2 rings (SSSR count). The second-order valence-corrected chi connectivity index (χ2v) is 6.09. The van der Waals surface area contributed by atoms with Crippen LogP contribution in [0.3, 0.4) is 0 Å². The number of carbonyl (C=O) groups is 1. The lowest BCUT2D eigenvalue weighted by Gasteiger charge is -2.27. The zero-order valence-electron chi connectivity index (χ0n) is 12.1. The SMILES string of the molecule is CC(C)(C)OC(=O)Nc1cc(NC2CCC2)ccc1F. The van der Waals surface area contributed by atoms with Crippen LogP contribution in [0.4, 0.5) is 20.6 Å². The van der Waals surface area contributed by atoms with Crippen LogP contribution in [-0.2, 0) is 4.74 Å². The minimum atomic E-state index is -0.655. The van der Waals surface area contributed by atoms with Crippen LogP contribution in [0, 0.1) is 5.82 Å². The summed E-state index contributed by atoms with van der Waals surface area (Å²) in [6.07, 6.45) is 2.83. The largest absolute Gasteiger partial charge is 0.444 e. The Morgan fingerprint density at radius 3 is 2.60 bits per heavy atom. The van der Waals surface area contributed by atoms with Gasteiger partial charge in [-0.2, -0.15) is 0 Å². The lowest BCUT2D eigenvalue weighted by Crippen LogP contribution is -2.28. The molecule has 2 N–H and O–H groups in total. The number of ether oxygens (including phenoxy) is 1. The minimum Gasteiger partial charge on any atom is -0.444 e. The average molecular weight is 280 g/mol. The van der Waals surface area contributed by atoms with Crippen molar-refractivity contribution in [2.75, 3.05) is 10.6 Å². The Morgan fingerprint density at radius 1 is 1.35 bits per heavy atom. The Balaban J connectivity index is 2.02. The standard InChI is InChI=1S/C15H21FN2O2/c1-15(2,3)20-14(19)18-13-9-11(7-8-12(13)16)17-10-5-4-6-10/h7-10,17H,4-6H2,1-3H3,(H,18,19). The first-order valence-electron chi connectivity index (χ1n) is 6.89. The molecule has 1 amide bonds. The summed E-state index contributed by atoms with van der Waals surface area (Å²) in [6.45, 7) is 5.28. The summed E-state index contributed by atoms with van der Waals surface area (Å²) < 4.78 is 18.8. The van der Waals surface area contributed by atoms with E-state index in [0.717, 1.165) is 18.5 Å². The molecule has 0 aromatic heterocycles. The van der Waals surface area contributed by atoms with Gasteiger partial charge in [0.05, 0.1) is 5.69 Å². The fourth-order valence-corrected chi connectivity index (χ4v) is 1.91. The van der Waals surface area contributed by atoms with E-state index in [1.54, 1.807) is 32.9 Å². The first-order valence-corrected chi connectivity index (χ1v) is 6.89. The molecule has 5 heteroatoms. The van der Waals surface area contributed by atoms with Crippen LogP contribution in [0.1, 0.15) is 40.0 Å². The third-order valence-corrected chi connectivity index (χ3v) is 3.08. The van der Waals surface area contributed by atoms with Crippen LogP contribution in [0.15, 0.2) is 18.2 Å². The number of halogens is 1. The third-order valence-electron chi connectivity index (χ3n) is 3.08. The van der Waals surface area contributed by atoms with Crippen molar-refractivity contribution in [3.8, 4) is 0 Å². The van der Waals surface area contributed by atoms with E-state index in [4.69, 9.17) is 4.74 Å². The van der Waals surface area contributed by atoms with E-state index < -0.39 is 17.5 Å². The van der Waals surface area contributed by atoms with Gasteiger partial charge in [-0.15, -0.1) is 0 Å². The predicted octanol–water partition coefficient (Wildman–Crippen LogP) is 4.14. The van der Waals surface area contributed by atoms with Crippen molar-refractivity contribution in [1.82, 2.24) is 0 Å². The quantitative estimate of drug-likeness (QED) is 0.875. The number of nitrogens with one attached hydrogen (secondary N) is 2. The molecule has 110 valence electrons. The highest BCUT2D eigenvalue weighted by atomic mass is 19.1. The van der Waals surface area contributed by atoms with Crippen LogP contribution >= 0.6 is 0 Å². The second kappa shape index (κ2) is 5.69. The minimum absolute atomic E-state index is 0.128. The summed E-state index contributed by atoms with van der Waals surface area (Å²) in [5.41, 5.74) is 0.327. The molecule has 0 aliphatic heterocycles. The Morgan fingerprint density at radius 2 is 2.05 bits per heavy atom. The molecule has 0 saturated heterocycles. The molecule has 1 aromatic rings. The maximum Gasteiger partial charge on any atom is 0.412 e. The van der Waals surface area contributed by atoms with Gasteiger partial charge in [-0.1, -0.05) is 0 Å². The Kier molecular flexibility index (Phi) is 4.16. The molecule has 1 aromatic carbocycles. The summed E-state index contributed by atoms with van der Waals surface area (Å²) >= 11 is 0. The fourth-order valence-electron chi connectivity index (χ4n) is 1.91. The monoisotopic (exact) mass is 280 g/mol. The molecule has 1 fully saturated rings. The van der Waals surface area contributed by atoms with Gasteiger partial charge in [0.2, 0.25) is 0 Å². The second-order valence-electron chi connectivity index (χ2n) is 6.09. The van der Waals surface area contributed by atoms with E-state index in [-0.39, 0.29) is 5.69 Å². The van der Waals surface area contributed by atoms with Crippen LogP contribution in [0.5, 0.6) is 0 Å². The highest BCUT2D eigenvalue weighted by Gasteiger charge is 2.19. The molecule has 0 radical (unpaired) electrons. The highest BCUT2D eigenvalue weighted by molar-refractivity contribution is 5.85. The Labute approximate surface area is 118 Å². The summed E-state index contributed by atoms with van der Waals surface area (Å²) in [7, 11) is 0. The van der Waals surface area contributed by atoms with E-state index in [1.807, 2.05) is 0 Å². The molecule has 0 heterocycles. The molecule has 0 atom stereocenters. The number of benzene rings is 1. The molecule has 0 spiro atoms. The van der Waals surface area contributed by atoms with Gasteiger partial charge in [0, 0.05) is 11.7 Å². The number of amides is 1. The van der Waals surface area contributed by atoms with Gasteiger partial charge in [-0.05, 0) is 58.2 Å². The maximum atomic E-state index is 13.7. The number of carbonyl (C=O) groups excluding carboxylic acids is 1. The van der Waals surface area contributed by atoms with Gasteiger partial charge in [0.1, 0.15) is 11.4 Å². The molecular weight excluding hydrogens is 259 g/mol. The van der Waals surface area contributed by atoms with Crippen molar-refractivity contribution >= 4 is 17.5 Å². The zero-order chi connectivity index (χ0) is 14.8. The van der Waals surface area contributed by atoms with E-state index in [0.29, 0.717) is 6.04 Å². The Hall–Kier alpha value is -1.78. The molecule has 0 bridgehead atoms. The van der Waals surface area contributed by atoms with Crippen molar-refractivity contribution in [3.05, 3.63) is 24.0 Å². The number of rotatable bonds is 3. The van der Waals surface area contributed by atoms with Crippen molar-refractivity contribution < 1.29 is 13.9 Å². The first kappa shape index (κ1) is 14.6. The summed E-state index contributed by atoms with van der Waals surface area (Å²) in [4.78, 5) is 11.7. The highest BCUT2D eigenvalue weighted by Crippen LogP contribution is 2.26. The van der Waals surface area contributed by atoms with E-state index in [1.165, 1.54) is 12.5 Å². The fraction of sp³-hybridized carbons (Fsp3) is 0.533. The van der Waals surface area contributed by atoms with Gasteiger partial charge in [0.15, 0.2) is 0 Å². The van der Waals surface area contributed by atoms with Crippen molar-refractivity contribution in [2.24, 2.45) is 0 Å². The van der Waals surface area contributed by atoms with Gasteiger partial charge in [0.25, 0.3) is 0 Å². The molecule has 4 nitrogen and oxygen atoms in total. The van der Waals surface area contributed by atoms with Crippen molar-refractivity contribution in [3.63, 3.8) is 0 Å². The third kappa shape index (κ3) is 4.11. The number of hydrogen-bond donors (Lipinski definition) is 2. The number of anilines is 2. The molecular formula is C15H21FN2O2. The van der Waals surface area contributed by atoms with E-state index in [9.17, 15) is 9.18 Å². The van der Waals surface area contributed by atoms with Crippen molar-refractivity contribution in [2.45, 2.75) is 51.7 Å².